The van der Waals surface area contributed by atoms with Gasteiger partial charge in [-0.25, -0.2) is 13.1 Å². The molecule has 0 unspecified atom stereocenters. The van der Waals surface area contributed by atoms with Crippen molar-refractivity contribution in [3.8, 4) is 0 Å². The highest BCUT2D eigenvalue weighted by atomic mass is 32.2. The minimum absolute atomic E-state index is 0.00225. The fourth-order valence-corrected chi connectivity index (χ4v) is 3.07. The summed E-state index contributed by atoms with van der Waals surface area (Å²) < 4.78 is 33.3. The molecule has 0 aromatic carbocycles. The van der Waals surface area contributed by atoms with Crippen molar-refractivity contribution < 1.29 is 13.2 Å². The minimum Gasteiger partial charge on any atom is -0.383 e. The molecule has 8 heteroatoms. The number of methoxy groups -OCH3 is 1. The van der Waals surface area contributed by atoms with Crippen molar-refractivity contribution in [1.82, 2.24) is 14.5 Å². The lowest BCUT2D eigenvalue weighted by atomic mass is 10.1. The fraction of sp³-hybridized carbons (Fsp3) is 0.700. The molecule has 1 heterocycles. The van der Waals surface area contributed by atoms with E-state index in [4.69, 9.17) is 10.5 Å². The smallest absolute Gasteiger partial charge is 0.246 e. The summed E-state index contributed by atoms with van der Waals surface area (Å²) in [7, 11) is -2.19. The average Bonchev–Trinajstić information content (AvgIpc) is 2.58. The van der Waals surface area contributed by atoms with E-state index in [1.54, 1.807) is 13.8 Å². The topological polar surface area (TPSA) is 99.2 Å². The van der Waals surface area contributed by atoms with E-state index in [0.717, 1.165) is 0 Å². The first-order chi connectivity index (χ1) is 8.22. The summed E-state index contributed by atoms with van der Waals surface area (Å²) in [5.41, 5.74) is 4.90. The molecule has 18 heavy (non-hydrogen) atoms. The van der Waals surface area contributed by atoms with E-state index in [1.165, 1.54) is 18.0 Å². The van der Waals surface area contributed by atoms with Crippen LogP contribution in [0.25, 0.3) is 0 Å². The predicted octanol–water partition coefficient (Wildman–Crippen LogP) is 0.189. The number of nitrogens with two attached hydrogens (primary N) is 1. The lowest BCUT2D eigenvalue weighted by Crippen LogP contribution is -2.46. The Morgan fingerprint density at radius 2 is 2.17 bits per heavy atom. The van der Waals surface area contributed by atoms with Gasteiger partial charge in [0.25, 0.3) is 0 Å². The summed E-state index contributed by atoms with van der Waals surface area (Å²) in [6.07, 6.45) is 1.42. The maximum Gasteiger partial charge on any atom is 0.246 e. The highest BCUT2D eigenvalue weighted by molar-refractivity contribution is 7.89. The number of hydrogen-bond acceptors (Lipinski definition) is 5. The Morgan fingerprint density at radius 1 is 1.56 bits per heavy atom. The molecule has 104 valence electrons. The van der Waals surface area contributed by atoms with Gasteiger partial charge in [0.1, 0.15) is 4.90 Å². The second-order valence-corrected chi connectivity index (χ2v) is 6.31. The number of nitrogen functional groups attached to an aromatic ring is 1. The molecule has 0 fully saturated rings. The summed E-state index contributed by atoms with van der Waals surface area (Å²) in [5.74, 6) is -0.00225. The maximum atomic E-state index is 12.2. The molecule has 0 aliphatic rings. The Labute approximate surface area is 107 Å². The highest BCUT2D eigenvalue weighted by Gasteiger charge is 2.29. The second kappa shape index (κ2) is 5.25. The maximum absolute atomic E-state index is 12.2. The normalized spacial score (nSPS) is 12.9. The van der Waals surface area contributed by atoms with Crippen molar-refractivity contribution >= 4 is 15.8 Å². The van der Waals surface area contributed by atoms with E-state index in [9.17, 15) is 8.42 Å². The summed E-state index contributed by atoms with van der Waals surface area (Å²) in [6.45, 7) is 6.13. The molecule has 0 saturated carbocycles. The van der Waals surface area contributed by atoms with E-state index in [0.29, 0.717) is 6.54 Å². The second-order valence-electron chi connectivity index (χ2n) is 4.66. The molecule has 0 atom stereocenters. The molecule has 1 rings (SSSR count). The fourth-order valence-electron chi connectivity index (χ4n) is 1.60. The molecular formula is C10H20N4O3S. The van der Waals surface area contributed by atoms with Gasteiger partial charge in [-0.1, -0.05) is 0 Å². The van der Waals surface area contributed by atoms with Crippen molar-refractivity contribution in [3.05, 3.63) is 6.20 Å². The SMILES string of the molecule is CCn1cc(S(=O)(=O)NC(C)(C)COC)c(N)n1. The van der Waals surface area contributed by atoms with Gasteiger partial charge in [-0.15, -0.1) is 0 Å². The Kier molecular flexibility index (Phi) is 4.36. The standard InChI is InChI=1S/C10H20N4O3S/c1-5-14-6-8(9(11)12-14)18(15,16)13-10(2,3)7-17-4/h6,13H,5,7H2,1-4H3,(H2,11,12). The third kappa shape index (κ3) is 3.44. The number of ether oxygens (including phenoxy) is 1. The molecule has 0 bridgehead atoms. The number of aromatic nitrogens is 2. The van der Waals surface area contributed by atoms with E-state index in [1.807, 2.05) is 6.92 Å². The molecule has 0 aliphatic heterocycles. The quantitative estimate of drug-likeness (QED) is 0.772. The van der Waals surface area contributed by atoms with Crippen LogP contribution in [0, 0.1) is 0 Å². The summed E-state index contributed by atoms with van der Waals surface area (Å²) >= 11 is 0. The first-order valence-electron chi connectivity index (χ1n) is 5.57. The van der Waals surface area contributed by atoms with Crippen molar-refractivity contribution in [2.45, 2.75) is 37.8 Å². The van der Waals surface area contributed by atoms with Crippen LogP contribution in [0.5, 0.6) is 0 Å². The number of sulfonamides is 1. The summed E-state index contributed by atoms with van der Waals surface area (Å²) in [4.78, 5) is -0.00599. The van der Waals surface area contributed by atoms with Gasteiger partial charge in [-0.2, -0.15) is 5.10 Å². The predicted molar refractivity (Wildman–Crippen MR) is 68.6 cm³/mol. The zero-order valence-electron chi connectivity index (χ0n) is 11.1. The first-order valence-corrected chi connectivity index (χ1v) is 7.06. The molecule has 1 aromatic heterocycles. The van der Waals surface area contributed by atoms with E-state index in [2.05, 4.69) is 9.82 Å². The molecular weight excluding hydrogens is 256 g/mol. The Hall–Kier alpha value is -1.12. The van der Waals surface area contributed by atoms with Gasteiger partial charge in [0.05, 0.1) is 12.1 Å². The molecule has 0 spiro atoms. The molecule has 0 saturated heterocycles. The van der Waals surface area contributed by atoms with Gasteiger partial charge < -0.3 is 10.5 Å². The van der Waals surface area contributed by atoms with Gasteiger partial charge in [0.15, 0.2) is 5.82 Å². The monoisotopic (exact) mass is 276 g/mol. The van der Waals surface area contributed by atoms with Crippen molar-refractivity contribution in [2.75, 3.05) is 19.5 Å². The van der Waals surface area contributed by atoms with Crippen LogP contribution in [0.3, 0.4) is 0 Å². The summed E-state index contributed by atoms with van der Waals surface area (Å²) in [6, 6.07) is 0. The van der Waals surface area contributed by atoms with Crippen molar-refractivity contribution in [1.29, 1.82) is 0 Å². The number of nitrogens with one attached hydrogen (secondary N) is 1. The van der Waals surface area contributed by atoms with Crippen molar-refractivity contribution in [2.24, 2.45) is 0 Å². The molecule has 1 aromatic rings. The summed E-state index contributed by atoms with van der Waals surface area (Å²) in [5, 5.41) is 3.92. The Balaban J connectivity index is 3.03. The van der Waals surface area contributed by atoms with Crippen LogP contribution in [0.2, 0.25) is 0 Å². The van der Waals surface area contributed by atoms with Crippen molar-refractivity contribution in [3.63, 3.8) is 0 Å². The van der Waals surface area contributed by atoms with Gasteiger partial charge in [-0.3, -0.25) is 4.68 Å². The Bertz CT molecular complexity index is 507. The van der Waals surface area contributed by atoms with Gasteiger partial charge >= 0.3 is 0 Å². The van der Waals surface area contributed by atoms with Gasteiger partial charge in [-0.05, 0) is 20.8 Å². The number of rotatable bonds is 6. The molecule has 3 N–H and O–H groups in total. The zero-order valence-corrected chi connectivity index (χ0v) is 11.9. The highest BCUT2D eigenvalue weighted by Crippen LogP contribution is 2.18. The van der Waals surface area contributed by atoms with Crippen LogP contribution in [-0.4, -0.2) is 37.5 Å². The zero-order chi connectivity index (χ0) is 14.0. The lowest BCUT2D eigenvalue weighted by Gasteiger charge is -2.24. The number of nitrogens with zero attached hydrogens (tertiary/aromatic N) is 2. The van der Waals surface area contributed by atoms with Gasteiger partial charge in [0, 0.05) is 19.9 Å². The molecule has 0 amide bonds. The van der Waals surface area contributed by atoms with Crippen LogP contribution in [0.1, 0.15) is 20.8 Å². The van der Waals surface area contributed by atoms with Gasteiger partial charge in [0.2, 0.25) is 10.0 Å². The number of hydrogen-bond donors (Lipinski definition) is 2. The van der Waals surface area contributed by atoms with Crippen LogP contribution < -0.4 is 10.5 Å². The third-order valence-corrected chi connectivity index (χ3v) is 4.00. The van der Waals surface area contributed by atoms with Crippen LogP contribution in [0.15, 0.2) is 11.1 Å². The molecule has 7 nitrogen and oxygen atoms in total. The Morgan fingerprint density at radius 3 is 2.61 bits per heavy atom. The third-order valence-electron chi connectivity index (χ3n) is 2.28. The molecule has 0 aliphatic carbocycles. The van der Waals surface area contributed by atoms with E-state index >= 15 is 0 Å². The van der Waals surface area contributed by atoms with Crippen LogP contribution >= 0.6 is 0 Å². The van der Waals surface area contributed by atoms with E-state index < -0.39 is 15.6 Å². The minimum atomic E-state index is -3.70. The van der Waals surface area contributed by atoms with Crippen LogP contribution in [-0.2, 0) is 21.3 Å². The first kappa shape index (κ1) is 14.9. The average molecular weight is 276 g/mol. The number of aryl methyl sites for hydroxylation is 1. The largest absolute Gasteiger partial charge is 0.383 e. The lowest BCUT2D eigenvalue weighted by molar-refractivity contribution is 0.141. The van der Waals surface area contributed by atoms with Crippen LogP contribution in [0.4, 0.5) is 5.82 Å². The van der Waals surface area contributed by atoms with E-state index in [-0.39, 0.29) is 17.3 Å². The molecule has 0 radical (unpaired) electrons. The number of anilines is 1.